The second-order valence-corrected chi connectivity index (χ2v) is 5.22. The minimum absolute atomic E-state index is 0.0654. The van der Waals surface area contributed by atoms with Crippen molar-refractivity contribution in [2.24, 2.45) is 0 Å². The maximum atomic E-state index is 11.7. The van der Waals surface area contributed by atoms with Gasteiger partial charge in [-0.25, -0.2) is 0 Å². The van der Waals surface area contributed by atoms with Crippen molar-refractivity contribution in [2.45, 2.75) is 83.7 Å². The first-order valence-corrected chi connectivity index (χ1v) is 7.43. The van der Waals surface area contributed by atoms with Crippen LogP contribution in [0.1, 0.15) is 77.6 Å². The lowest BCUT2D eigenvalue weighted by Gasteiger charge is -2.16. The summed E-state index contributed by atoms with van der Waals surface area (Å²) in [5, 5.41) is 0. The number of Topliss-reactive ketones (excluding diaryl/α,β-unsaturated/α-hetero) is 1. The van der Waals surface area contributed by atoms with E-state index in [2.05, 4.69) is 0 Å². The fourth-order valence-corrected chi connectivity index (χ4v) is 2.34. The smallest absolute Gasteiger partial charge is 0.306 e. The maximum absolute atomic E-state index is 11.7. The molecule has 0 N–H and O–H groups in total. The molecule has 0 saturated carbocycles. The Morgan fingerprint density at radius 2 is 1.56 bits per heavy atom. The van der Waals surface area contributed by atoms with E-state index in [0.29, 0.717) is 31.5 Å². The Balaban J connectivity index is 2.42. The Labute approximate surface area is 110 Å². The molecule has 0 aromatic rings. The number of hydrogen-bond donors (Lipinski definition) is 0. The van der Waals surface area contributed by atoms with Crippen LogP contribution in [-0.4, -0.2) is 17.9 Å². The molecule has 1 atom stereocenters. The minimum atomic E-state index is -0.0913. The number of esters is 1. The molecule has 1 rings (SSSR count). The number of carbonyl (C=O) groups excluding carboxylic acids is 2. The molecular weight excluding hydrogens is 228 g/mol. The molecule has 0 bridgehead atoms. The van der Waals surface area contributed by atoms with Crippen LogP contribution in [0.15, 0.2) is 0 Å². The zero-order valence-electron chi connectivity index (χ0n) is 11.6. The normalized spacial score (nSPS) is 25.3. The summed E-state index contributed by atoms with van der Waals surface area (Å²) in [5.41, 5.74) is 0. The predicted molar refractivity (Wildman–Crippen MR) is 71.3 cm³/mol. The number of carbonyl (C=O) groups is 2. The van der Waals surface area contributed by atoms with Gasteiger partial charge in [-0.15, -0.1) is 0 Å². The Morgan fingerprint density at radius 1 is 0.944 bits per heavy atom. The minimum Gasteiger partial charge on any atom is -0.462 e. The lowest BCUT2D eigenvalue weighted by Crippen LogP contribution is -2.18. The van der Waals surface area contributed by atoms with Crippen molar-refractivity contribution < 1.29 is 14.3 Å². The first kappa shape index (κ1) is 15.2. The zero-order chi connectivity index (χ0) is 13.2. The van der Waals surface area contributed by atoms with Crippen LogP contribution in [0.5, 0.6) is 0 Å². The molecule has 1 saturated heterocycles. The summed E-state index contributed by atoms with van der Waals surface area (Å²) in [6, 6.07) is 0. The summed E-state index contributed by atoms with van der Waals surface area (Å²) in [4.78, 5) is 23.3. The number of ether oxygens (including phenoxy) is 1. The molecule has 3 heteroatoms. The van der Waals surface area contributed by atoms with E-state index >= 15 is 0 Å². The average Bonchev–Trinajstić information content (AvgIpc) is 2.36. The fraction of sp³-hybridized carbons (Fsp3) is 0.867. The van der Waals surface area contributed by atoms with Crippen LogP contribution in [0.2, 0.25) is 0 Å². The van der Waals surface area contributed by atoms with Gasteiger partial charge in [-0.2, -0.15) is 0 Å². The molecule has 0 aromatic heterocycles. The quantitative estimate of drug-likeness (QED) is 0.669. The molecule has 1 aliphatic rings. The zero-order valence-corrected chi connectivity index (χ0v) is 11.6. The van der Waals surface area contributed by atoms with Crippen LogP contribution >= 0.6 is 0 Å². The summed E-state index contributed by atoms with van der Waals surface area (Å²) in [6.07, 6.45) is 9.78. The lowest BCUT2D eigenvalue weighted by molar-refractivity contribution is -0.150. The van der Waals surface area contributed by atoms with Crippen molar-refractivity contribution in [2.75, 3.05) is 0 Å². The SMILES string of the molecule is CC[C@H]1CCC(=O)CCCCCCCCC(=O)O1. The van der Waals surface area contributed by atoms with E-state index in [-0.39, 0.29) is 12.1 Å². The molecule has 0 radical (unpaired) electrons. The predicted octanol–water partition coefficient (Wildman–Crippen LogP) is 3.79. The third-order valence-electron chi connectivity index (χ3n) is 3.59. The summed E-state index contributed by atoms with van der Waals surface area (Å²) >= 11 is 0. The van der Waals surface area contributed by atoms with Crippen LogP contribution in [-0.2, 0) is 14.3 Å². The van der Waals surface area contributed by atoms with Gasteiger partial charge in [-0.05, 0) is 25.7 Å². The Morgan fingerprint density at radius 3 is 2.22 bits per heavy atom. The van der Waals surface area contributed by atoms with E-state index in [9.17, 15) is 9.59 Å². The molecule has 1 heterocycles. The van der Waals surface area contributed by atoms with E-state index in [4.69, 9.17) is 4.74 Å². The van der Waals surface area contributed by atoms with Gasteiger partial charge in [-0.1, -0.05) is 32.6 Å². The summed E-state index contributed by atoms with van der Waals surface area (Å²) in [7, 11) is 0. The highest BCUT2D eigenvalue weighted by atomic mass is 16.5. The van der Waals surface area contributed by atoms with Crippen LogP contribution in [0.4, 0.5) is 0 Å². The molecule has 0 spiro atoms. The van der Waals surface area contributed by atoms with Crippen molar-refractivity contribution in [3.05, 3.63) is 0 Å². The molecule has 1 aliphatic heterocycles. The highest BCUT2D eigenvalue weighted by molar-refractivity contribution is 5.78. The summed E-state index contributed by atoms with van der Waals surface area (Å²) in [5.74, 6) is 0.230. The van der Waals surface area contributed by atoms with Gasteiger partial charge in [0.2, 0.25) is 0 Å². The van der Waals surface area contributed by atoms with Crippen molar-refractivity contribution in [1.29, 1.82) is 0 Å². The number of cyclic esters (lactones) is 1. The Kier molecular flexibility index (Phi) is 7.70. The molecule has 0 aromatic carbocycles. The van der Waals surface area contributed by atoms with Crippen LogP contribution in [0.25, 0.3) is 0 Å². The van der Waals surface area contributed by atoms with Crippen molar-refractivity contribution in [3.63, 3.8) is 0 Å². The van der Waals surface area contributed by atoms with E-state index in [1.54, 1.807) is 0 Å². The first-order valence-electron chi connectivity index (χ1n) is 7.43. The molecule has 0 unspecified atom stereocenters. The van der Waals surface area contributed by atoms with E-state index in [1.165, 1.54) is 12.8 Å². The van der Waals surface area contributed by atoms with Crippen LogP contribution in [0.3, 0.4) is 0 Å². The molecule has 0 aliphatic carbocycles. The van der Waals surface area contributed by atoms with Gasteiger partial charge in [0, 0.05) is 19.3 Å². The lowest BCUT2D eigenvalue weighted by atomic mass is 10.0. The third-order valence-corrected chi connectivity index (χ3v) is 3.59. The fourth-order valence-electron chi connectivity index (χ4n) is 2.34. The molecule has 0 amide bonds. The first-order chi connectivity index (χ1) is 8.72. The van der Waals surface area contributed by atoms with Crippen LogP contribution in [0, 0.1) is 0 Å². The van der Waals surface area contributed by atoms with Crippen molar-refractivity contribution >= 4 is 11.8 Å². The summed E-state index contributed by atoms with van der Waals surface area (Å²) < 4.78 is 5.40. The van der Waals surface area contributed by atoms with Gasteiger partial charge in [0.15, 0.2) is 0 Å². The molecule has 18 heavy (non-hydrogen) atoms. The van der Waals surface area contributed by atoms with Crippen LogP contribution < -0.4 is 0 Å². The topological polar surface area (TPSA) is 43.4 Å². The Hall–Kier alpha value is -0.860. The van der Waals surface area contributed by atoms with Gasteiger partial charge in [0.25, 0.3) is 0 Å². The second kappa shape index (κ2) is 9.12. The second-order valence-electron chi connectivity index (χ2n) is 5.22. The van der Waals surface area contributed by atoms with Gasteiger partial charge in [0.1, 0.15) is 11.9 Å². The molecular formula is C15H26O3. The number of ketones is 1. The largest absolute Gasteiger partial charge is 0.462 e. The van der Waals surface area contributed by atoms with E-state index < -0.39 is 0 Å². The van der Waals surface area contributed by atoms with Gasteiger partial charge in [0.05, 0.1) is 0 Å². The standard InChI is InChI=1S/C15H26O3/c1-2-14-12-11-13(16)9-7-5-3-4-6-8-10-15(17)18-14/h14H,2-12H2,1H3/t14-/m0/s1. The van der Waals surface area contributed by atoms with Gasteiger partial charge in [-0.3, -0.25) is 9.59 Å². The number of rotatable bonds is 1. The number of hydrogen-bond acceptors (Lipinski definition) is 3. The van der Waals surface area contributed by atoms with E-state index in [0.717, 1.165) is 32.1 Å². The highest BCUT2D eigenvalue weighted by Crippen LogP contribution is 2.15. The third kappa shape index (κ3) is 6.77. The average molecular weight is 254 g/mol. The Bertz CT molecular complexity index is 260. The van der Waals surface area contributed by atoms with Crippen molar-refractivity contribution in [1.82, 2.24) is 0 Å². The van der Waals surface area contributed by atoms with E-state index in [1.807, 2.05) is 6.92 Å². The molecule has 104 valence electrons. The van der Waals surface area contributed by atoms with Gasteiger partial charge < -0.3 is 4.74 Å². The molecule has 3 nitrogen and oxygen atoms in total. The van der Waals surface area contributed by atoms with Crippen molar-refractivity contribution in [3.8, 4) is 0 Å². The highest BCUT2D eigenvalue weighted by Gasteiger charge is 2.14. The monoisotopic (exact) mass is 254 g/mol. The summed E-state index contributed by atoms with van der Waals surface area (Å²) in [6.45, 7) is 2.01. The molecule has 1 fully saturated rings. The maximum Gasteiger partial charge on any atom is 0.306 e. The van der Waals surface area contributed by atoms with Gasteiger partial charge >= 0.3 is 5.97 Å².